The molecule has 0 saturated carbocycles. The Morgan fingerprint density at radius 2 is 2.31 bits per heavy atom. The summed E-state index contributed by atoms with van der Waals surface area (Å²) in [7, 11) is 0. The van der Waals surface area contributed by atoms with Crippen LogP contribution in [0.1, 0.15) is 13.3 Å². The summed E-state index contributed by atoms with van der Waals surface area (Å²) in [5.41, 5.74) is 0.194. The average molecular weight is 180 g/mol. The smallest absolute Gasteiger partial charge is 0.297 e. The molecule has 4 heteroatoms. The molecule has 0 aliphatic heterocycles. The molecule has 13 heavy (non-hydrogen) atoms. The van der Waals surface area contributed by atoms with Crippen molar-refractivity contribution in [2.45, 2.75) is 19.9 Å². The maximum atomic E-state index is 11.2. The van der Waals surface area contributed by atoms with Crippen LogP contribution in [-0.4, -0.2) is 9.55 Å². The van der Waals surface area contributed by atoms with Crippen LogP contribution < -0.4 is 11.2 Å². The second kappa shape index (κ2) is 3.89. The van der Waals surface area contributed by atoms with Crippen LogP contribution in [0, 0.1) is 0 Å². The van der Waals surface area contributed by atoms with Gasteiger partial charge in [0, 0.05) is 18.8 Å². The first-order valence-electron chi connectivity index (χ1n) is 4.10. The van der Waals surface area contributed by atoms with Crippen LogP contribution in [0.25, 0.3) is 0 Å². The van der Waals surface area contributed by atoms with E-state index in [4.69, 9.17) is 0 Å². The lowest BCUT2D eigenvalue weighted by Crippen LogP contribution is -2.28. The Morgan fingerprint density at radius 1 is 1.62 bits per heavy atom. The van der Waals surface area contributed by atoms with Crippen LogP contribution in [0.4, 0.5) is 0 Å². The Morgan fingerprint density at radius 3 is 2.85 bits per heavy atom. The largest absolute Gasteiger partial charge is 0.328 e. The summed E-state index contributed by atoms with van der Waals surface area (Å²) < 4.78 is 1.42. The van der Waals surface area contributed by atoms with Crippen LogP contribution in [0.3, 0.4) is 0 Å². The zero-order valence-electron chi connectivity index (χ0n) is 7.54. The number of rotatable bonds is 3. The SMILES string of the molecule is C=C(CC)Cn1ccc(=O)[nH]c1=O. The van der Waals surface area contributed by atoms with E-state index in [1.165, 1.54) is 16.8 Å². The molecule has 0 radical (unpaired) electrons. The second-order valence-electron chi connectivity index (χ2n) is 2.84. The number of nitrogens with one attached hydrogen (secondary N) is 1. The van der Waals surface area contributed by atoms with Gasteiger partial charge in [-0.05, 0) is 6.42 Å². The number of hydrogen-bond donors (Lipinski definition) is 1. The van der Waals surface area contributed by atoms with Gasteiger partial charge in [-0.1, -0.05) is 19.1 Å². The van der Waals surface area contributed by atoms with E-state index in [1.807, 2.05) is 6.92 Å². The molecule has 1 aromatic heterocycles. The van der Waals surface area contributed by atoms with E-state index < -0.39 is 0 Å². The minimum atomic E-state index is -0.387. The lowest BCUT2D eigenvalue weighted by Gasteiger charge is -2.04. The van der Waals surface area contributed by atoms with Crippen LogP contribution >= 0.6 is 0 Å². The van der Waals surface area contributed by atoms with Gasteiger partial charge in [0.05, 0.1) is 0 Å². The summed E-state index contributed by atoms with van der Waals surface area (Å²) in [4.78, 5) is 24.0. The van der Waals surface area contributed by atoms with Crippen LogP contribution in [-0.2, 0) is 6.54 Å². The first-order chi connectivity index (χ1) is 6.13. The van der Waals surface area contributed by atoms with Gasteiger partial charge in [0.25, 0.3) is 5.56 Å². The molecule has 0 atom stereocenters. The first-order valence-corrected chi connectivity index (χ1v) is 4.10. The van der Waals surface area contributed by atoms with Crippen molar-refractivity contribution >= 4 is 0 Å². The zero-order valence-corrected chi connectivity index (χ0v) is 7.54. The minimum absolute atomic E-state index is 0.372. The standard InChI is InChI=1S/C9H12N2O2/c1-3-7(2)6-11-5-4-8(12)10-9(11)13/h4-5H,2-3,6H2,1H3,(H,10,12,13). The van der Waals surface area contributed by atoms with E-state index in [1.54, 1.807) is 0 Å². The summed E-state index contributed by atoms with van der Waals surface area (Å²) in [5, 5.41) is 0. The molecule has 1 N–H and O–H groups in total. The number of H-pyrrole nitrogens is 1. The normalized spacial score (nSPS) is 9.92. The molecular weight excluding hydrogens is 168 g/mol. The zero-order chi connectivity index (χ0) is 9.84. The fourth-order valence-electron chi connectivity index (χ4n) is 0.921. The maximum absolute atomic E-state index is 11.2. The molecule has 0 unspecified atom stereocenters. The molecule has 1 aromatic rings. The first kappa shape index (κ1) is 9.51. The predicted molar refractivity (Wildman–Crippen MR) is 50.8 cm³/mol. The molecule has 0 bridgehead atoms. The Bertz CT molecular complexity index is 414. The Kier molecular flexibility index (Phi) is 2.84. The third-order valence-electron chi connectivity index (χ3n) is 1.79. The highest BCUT2D eigenvalue weighted by Gasteiger charge is 1.96. The average Bonchev–Trinajstić information content (AvgIpc) is 2.09. The fourth-order valence-corrected chi connectivity index (χ4v) is 0.921. The van der Waals surface area contributed by atoms with Crippen molar-refractivity contribution < 1.29 is 0 Å². The number of aromatic amines is 1. The maximum Gasteiger partial charge on any atom is 0.328 e. The van der Waals surface area contributed by atoms with Crippen molar-refractivity contribution in [2.75, 3.05) is 0 Å². The topological polar surface area (TPSA) is 54.9 Å². The van der Waals surface area contributed by atoms with Gasteiger partial charge in [0.2, 0.25) is 0 Å². The van der Waals surface area contributed by atoms with E-state index in [9.17, 15) is 9.59 Å². The lowest BCUT2D eigenvalue weighted by atomic mass is 10.2. The van der Waals surface area contributed by atoms with E-state index >= 15 is 0 Å². The molecule has 0 aliphatic rings. The summed E-state index contributed by atoms with van der Waals surface area (Å²) in [6.07, 6.45) is 2.30. The Hall–Kier alpha value is -1.58. The van der Waals surface area contributed by atoms with Gasteiger partial charge in [-0.15, -0.1) is 0 Å². The van der Waals surface area contributed by atoms with Crippen LogP contribution in [0.15, 0.2) is 34.0 Å². The van der Waals surface area contributed by atoms with Crippen LogP contribution in [0.5, 0.6) is 0 Å². The molecule has 0 aliphatic carbocycles. The second-order valence-corrected chi connectivity index (χ2v) is 2.84. The molecule has 0 amide bonds. The van der Waals surface area contributed by atoms with Crippen molar-refractivity contribution in [1.82, 2.24) is 9.55 Å². The number of aromatic nitrogens is 2. The van der Waals surface area contributed by atoms with Gasteiger partial charge in [-0.2, -0.15) is 0 Å². The van der Waals surface area contributed by atoms with E-state index in [-0.39, 0.29) is 11.2 Å². The molecule has 1 rings (SSSR count). The number of nitrogens with zero attached hydrogens (tertiary/aromatic N) is 1. The van der Waals surface area contributed by atoms with Gasteiger partial charge in [-0.3, -0.25) is 14.3 Å². The lowest BCUT2D eigenvalue weighted by molar-refractivity contribution is 0.696. The Labute approximate surface area is 75.5 Å². The Balaban J connectivity index is 2.97. The highest BCUT2D eigenvalue weighted by Crippen LogP contribution is 1.97. The predicted octanol–water partition coefficient (Wildman–Crippen LogP) is 0.503. The highest BCUT2D eigenvalue weighted by molar-refractivity contribution is 4.95. The molecule has 70 valence electrons. The quantitative estimate of drug-likeness (QED) is 0.689. The molecule has 0 fully saturated rings. The van der Waals surface area contributed by atoms with Gasteiger partial charge in [0.15, 0.2) is 0 Å². The van der Waals surface area contributed by atoms with Gasteiger partial charge in [-0.25, -0.2) is 4.79 Å². The molecular formula is C9H12N2O2. The van der Waals surface area contributed by atoms with Crippen molar-refractivity contribution in [2.24, 2.45) is 0 Å². The van der Waals surface area contributed by atoms with E-state index in [2.05, 4.69) is 11.6 Å². The monoisotopic (exact) mass is 180 g/mol. The van der Waals surface area contributed by atoms with Gasteiger partial charge < -0.3 is 0 Å². The summed E-state index contributed by atoms with van der Waals surface area (Å²) in [5.74, 6) is 0. The molecule has 0 spiro atoms. The molecule has 4 nitrogen and oxygen atoms in total. The summed E-state index contributed by atoms with van der Waals surface area (Å²) in [6.45, 7) is 6.22. The third kappa shape index (κ3) is 2.43. The van der Waals surface area contributed by atoms with Crippen LogP contribution in [0.2, 0.25) is 0 Å². The van der Waals surface area contributed by atoms with Crippen molar-refractivity contribution in [3.8, 4) is 0 Å². The molecule has 1 heterocycles. The highest BCUT2D eigenvalue weighted by atomic mass is 16.2. The van der Waals surface area contributed by atoms with Gasteiger partial charge >= 0.3 is 5.69 Å². The summed E-state index contributed by atoms with van der Waals surface area (Å²) >= 11 is 0. The van der Waals surface area contributed by atoms with Crippen molar-refractivity contribution in [3.05, 3.63) is 45.3 Å². The third-order valence-corrected chi connectivity index (χ3v) is 1.79. The number of allylic oxidation sites excluding steroid dienone is 1. The van der Waals surface area contributed by atoms with Crippen molar-refractivity contribution in [3.63, 3.8) is 0 Å². The molecule has 0 saturated heterocycles. The van der Waals surface area contributed by atoms with E-state index in [0.29, 0.717) is 6.54 Å². The number of hydrogen-bond acceptors (Lipinski definition) is 2. The van der Waals surface area contributed by atoms with E-state index in [0.717, 1.165) is 12.0 Å². The van der Waals surface area contributed by atoms with Crippen molar-refractivity contribution in [1.29, 1.82) is 0 Å². The fraction of sp³-hybridized carbons (Fsp3) is 0.333. The minimum Gasteiger partial charge on any atom is -0.297 e. The summed E-state index contributed by atoms with van der Waals surface area (Å²) in [6, 6.07) is 1.32. The molecule has 0 aromatic carbocycles. The van der Waals surface area contributed by atoms with Gasteiger partial charge in [0.1, 0.15) is 0 Å².